The highest BCUT2D eigenvalue weighted by Gasteiger charge is 2.39. The summed E-state index contributed by atoms with van der Waals surface area (Å²) >= 11 is 3.39. The van der Waals surface area contributed by atoms with Crippen LogP contribution in [-0.2, 0) is 34.0 Å². The number of hydrogen-bond acceptors (Lipinski definition) is 7. The fraction of sp³-hybridized carbons (Fsp3) is 0.613. The highest BCUT2D eigenvalue weighted by Crippen LogP contribution is 2.32. The predicted molar refractivity (Wildman–Crippen MR) is 170 cm³/mol. The van der Waals surface area contributed by atoms with Crippen molar-refractivity contribution in [2.75, 3.05) is 32.1 Å². The minimum atomic E-state index is -0.842. The molecule has 0 aliphatic carbocycles. The summed E-state index contributed by atoms with van der Waals surface area (Å²) in [6.45, 7) is 6.49. The molecule has 2 atom stereocenters. The van der Waals surface area contributed by atoms with Crippen molar-refractivity contribution in [2.45, 2.75) is 77.1 Å². The Labute approximate surface area is 267 Å². The van der Waals surface area contributed by atoms with Gasteiger partial charge in [-0.15, -0.1) is 0 Å². The molecule has 0 saturated carbocycles. The zero-order valence-electron chi connectivity index (χ0n) is 26.1. The zero-order valence-corrected chi connectivity index (χ0v) is 27.7. The van der Waals surface area contributed by atoms with E-state index >= 15 is 0 Å². The average Bonchev–Trinajstić information content (AvgIpc) is 2.99. The van der Waals surface area contributed by atoms with Gasteiger partial charge in [-0.25, -0.2) is 4.79 Å². The first-order valence-corrected chi connectivity index (χ1v) is 16.1. The van der Waals surface area contributed by atoms with E-state index in [0.717, 1.165) is 5.56 Å². The number of primary amides is 1. The molecule has 12 nitrogen and oxygen atoms in total. The van der Waals surface area contributed by atoms with Crippen LogP contribution in [0.3, 0.4) is 0 Å². The minimum Gasteiger partial charge on any atom is -0.469 e. The van der Waals surface area contributed by atoms with Crippen molar-refractivity contribution >= 4 is 57.1 Å². The van der Waals surface area contributed by atoms with Crippen molar-refractivity contribution in [3.05, 3.63) is 29.8 Å². The topological polar surface area (TPSA) is 177 Å². The van der Waals surface area contributed by atoms with Crippen LogP contribution in [0.2, 0.25) is 0 Å². The molecule has 0 unspecified atom stereocenters. The first-order valence-electron chi connectivity index (χ1n) is 15.0. The Morgan fingerprint density at radius 2 is 1.68 bits per heavy atom. The number of urea groups is 1. The van der Waals surface area contributed by atoms with Crippen molar-refractivity contribution in [2.24, 2.45) is 23.0 Å². The van der Waals surface area contributed by atoms with E-state index in [1.165, 1.54) is 7.11 Å². The lowest BCUT2D eigenvalue weighted by atomic mass is 9.80. The highest BCUT2D eigenvalue weighted by atomic mass is 79.9. The van der Waals surface area contributed by atoms with Crippen LogP contribution in [0.4, 0.5) is 10.5 Å². The maximum Gasteiger partial charge on any atom is 0.312 e. The molecule has 2 rings (SSSR count). The molecule has 5 N–H and O–H groups in total. The van der Waals surface area contributed by atoms with Gasteiger partial charge in [0.25, 0.3) is 0 Å². The van der Waals surface area contributed by atoms with Gasteiger partial charge in [0.2, 0.25) is 17.7 Å². The standard InChI is InChI=1S/C31H46BrN5O7/c1-20(2)27(36-25(39)11-12-26(40)37-16-13-31(3,14-17-37)29(42)44-4)24(38)18-22(6-5-15-34-30(33)43)28(41)35-23-9-7-21(19-32)8-10-23/h7-10,20,22,27H,5-6,11-19H2,1-4H3,(H,35,41)(H,36,39)(H3,33,34,43)/t22-,27+/m1/s1. The second kappa shape index (κ2) is 17.7. The molecule has 244 valence electrons. The fourth-order valence-corrected chi connectivity index (χ4v) is 5.49. The van der Waals surface area contributed by atoms with E-state index in [4.69, 9.17) is 10.5 Å². The molecule has 5 amide bonds. The summed E-state index contributed by atoms with van der Waals surface area (Å²) in [7, 11) is 1.35. The van der Waals surface area contributed by atoms with Gasteiger partial charge in [-0.1, -0.05) is 41.9 Å². The number of likely N-dealkylation sites (tertiary alicyclic amines) is 1. The third-order valence-corrected chi connectivity index (χ3v) is 8.66. The van der Waals surface area contributed by atoms with E-state index in [1.807, 2.05) is 19.1 Å². The minimum absolute atomic E-state index is 0.0223. The maximum absolute atomic E-state index is 13.4. The predicted octanol–water partition coefficient (Wildman–Crippen LogP) is 3.27. The van der Waals surface area contributed by atoms with Crippen LogP contribution in [0, 0.1) is 17.3 Å². The quantitative estimate of drug-likeness (QED) is 0.118. The van der Waals surface area contributed by atoms with Gasteiger partial charge in [-0.2, -0.15) is 0 Å². The lowest BCUT2D eigenvalue weighted by Crippen LogP contribution is -2.47. The number of esters is 1. The number of anilines is 1. The Balaban J connectivity index is 1.98. The van der Waals surface area contributed by atoms with Crippen molar-refractivity contribution in [3.63, 3.8) is 0 Å². The summed E-state index contributed by atoms with van der Waals surface area (Å²) in [5.74, 6) is -2.51. The molecule has 1 aromatic rings. The number of ether oxygens (including phenoxy) is 1. The number of piperidine rings is 1. The van der Waals surface area contributed by atoms with Crippen molar-refractivity contribution in [1.29, 1.82) is 0 Å². The summed E-state index contributed by atoms with van der Waals surface area (Å²) < 4.78 is 4.88. The molecular formula is C31H46BrN5O7. The molecule has 1 fully saturated rings. The molecule has 1 heterocycles. The van der Waals surface area contributed by atoms with E-state index in [1.54, 1.807) is 30.9 Å². The summed E-state index contributed by atoms with van der Waals surface area (Å²) in [5.41, 5.74) is 6.15. The van der Waals surface area contributed by atoms with Gasteiger partial charge in [0.1, 0.15) is 0 Å². The number of carbonyl (C=O) groups is 6. The molecule has 0 bridgehead atoms. The lowest BCUT2D eigenvalue weighted by Gasteiger charge is -2.37. The summed E-state index contributed by atoms with van der Waals surface area (Å²) in [6, 6.07) is 5.80. The van der Waals surface area contributed by atoms with Crippen LogP contribution in [-0.4, -0.2) is 73.2 Å². The van der Waals surface area contributed by atoms with Crippen LogP contribution in [0.15, 0.2) is 24.3 Å². The third-order valence-electron chi connectivity index (χ3n) is 8.02. The monoisotopic (exact) mass is 679 g/mol. The van der Waals surface area contributed by atoms with Crippen LogP contribution in [0.25, 0.3) is 0 Å². The molecule has 1 aliphatic rings. The van der Waals surface area contributed by atoms with E-state index in [9.17, 15) is 28.8 Å². The number of amides is 5. The largest absolute Gasteiger partial charge is 0.469 e. The van der Waals surface area contributed by atoms with Crippen LogP contribution >= 0.6 is 15.9 Å². The van der Waals surface area contributed by atoms with E-state index < -0.39 is 29.3 Å². The van der Waals surface area contributed by atoms with Gasteiger partial charge in [0, 0.05) is 55.8 Å². The van der Waals surface area contributed by atoms with E-state index in [2.05, 4.69) is 31.9 Å². The van der Waals surface area contributed by atoms with Crippen molar-refractivity contribution < 1.29 is 33.5 Å². The van der Waals surface area contributed by atoms with Crippen LogP contribution < -0.4 is 21.7 Å². The van der Waals surface area contributed by atoms with Crippen LogP contribution in [0.1, 0.15) is 71.3 Å². The van der Waals surface area contributed by atoms with Gasteiger partial charge in [0.05, 0.1) is 18.6 Å². The highest BCUT2D eigenvalue weighted by molar-refractivity contribution is 9.08. The zero-order chi connectivity index (χ0) is 32.9. The Morgan fingerprint density at radius 1 is 1.05 bits per heavy atom. The summed E-state index contributed by atoms with van der Waals surface area (Å²) in [5, 5.41) is 8.80. The molecule has 1 aliphatic heterocycles. The lowest BCUT2D eigenvalue weighted by molar-refractivity contribution is -0.156. The number of nitrogens with two attached hydrogens (primary N) is 1. The number of ketones is 1. The number of nitrogens with zero attached hydrogens (tertiary/aromatic N) is 1. The van der Waals surface area contributed by atoms with Gasteiger partial charge < -0.3 is 31.3 Å². The van der Waals surface area contributed by atoms with Crippen molar-refractivity contribution in [1.82, 2.24) is 15.5 Å². The van der Waals surface area contributed by atoms with Crippen LogP contribution in [0.5, 0.6) is 0 Å². The Hall–Kier alpha value is -3.48. The van der Waals surface area contributed by atoms with Crippen molar-refractivity contribution in [3.8, 4) is 0 Å². The molecule has 44 heavy (non-hydrogen) atoms. The average molecular weight is 681 g/mol. The molecule has 1 aromatic carbocycles. The number of rotatable bonds is 16. The smallest absolute Gasteiger partial charge is 0.312 e. The Morgan fingerprint density at radius 3 is 2.23 bits per heavy atom. The molecule has 1 saturated heterocycles. The van der Waals surface area contributed by atoms with Gasteiger partial charge in [0.15, 0.2) is 5.78 Å². The number of methoxy groups -OCH3 is 1. The normalized spacial score (nSPS) is 15.5. The SMILES string of the molecule is COC(=O)C1(C)CCN(C(=O)CCC(=O)N[C@H](C(=O)C[C@@H](CCCNC(N)=O)C(=O)Nc2ccc(CBr)cc2)C(C)C)CC1. The Bertz CT molecular complexity index is 1170. The van der Waals surface area contributed by atoms with Gasteiger partial charge in [-0.3, -0.25) is 24.0 Å². The number of alkyl halides is 1. The maximum atomic E-state index is 13.4. The summed E-state index contributed by atoms with van der Waals surface area (Å²) in [6.07, 6.45) is 1.48. The Kier molecular flexibility index (Phi) is 14.8. The van der Waals surface area contributed by atoms with E-state index in [-0.39, 0.29) is 55.3 Å². The second-order valence-electron chi connectivity index (χ2n) is 11.8. The first kappa shape index (κ1) is 36.7. The third kappa shape index (κ3) is 11.5. The molecule has 0 spiro atoms. The number of halogens is 1. The fourth-order valence-electron chi connectivity index (χ4n) is 5.12. The number of hydrogen-bond donors (Lipinski definition) is 4. The van der Waals surface area contributed by atoms with Gasteiger partial charge >= 0.3 is 12.0 Å². The number of nitrogens with one attached hydrogen (secondary N) is 3. The number of carbonyl (C=O) groups excluding carboxylic acids is 6. The molecule has 0 radical (unpaired) electrons. The van der Waals surface area contributed by atoms with Gasteiger partial charge in [-0.05, 0) is 56.2 Å². The molecule has 13 heteroatoms. The molecular weight excluding hydrogens is 634 g/mol. The number of benzene rings is 1. The first-order chi connectivity index (χ1) is 20.8. The summed E-state index contributed by atoms with van der Waals surface area (Å²) in [4.78, 5) is 77.0. The number of Topliss-reactive ketones (excluding diaryl/α,β-unsaturated/α-hetero) is 1. The van der Waals surface area contributed by atoms with E-state index in [0.29, 0.717) is 49.8 Å². The molecule has 0 aromatic heterocycles. The second-order valence-corrected chi connectivity index (χ2v) is 12.4.